The summed E-state index contributed by atoms with van der Waals surface area (Å²) in [5, 5.41) is 30.4. The van der Waals surface area contributed by atoms with Gasteiger partial charge in [0.25, 0.3) is 11.7 Å². The fourth-order valence-corrected chi connectivity index (χ4v) is 3.47. The summed E-state index contributed by atoms with van der Waals surface area (Å²) >= 11 is 0. The minimum Gasteiger partial charge on any atom is -0.508 e. The van der Waals surface area contributed by atoms with Crippen molar-refractivity contribution in [2.24, 2.45) is 0 Å². The normalized spacial score (nSPS) is 18.2. The Morgan fingerprint density at radius 2 is 1.48 bits per heavy atom. The number of carbonyl (C=O) groups is 2. The van der Waals surface area contributed by atoms with E-state index >= 15 is 0 Å². The summed E-state index contributed by atoms with van der Waals surface area (Å²) < 4.78 is 0. The highest BCUT2D eigenvalue weighted by atomic mass is 16.3. The molecule has 0 saturated carbocycles. The summed E-state index contributed by atoms with van der Waals surface area (Å²) in [6.45, 7) is 0. The van der Waals surface area contributed by atoms with Crippen LogP contribution in [-0.2, 0) is 9.59 Å². The lowest BCUT2D eigenvalue weighted by Crippen LogP contribution is -2.29. The molecule has 6 nitrogen and oxygen atoms in total. The number of phenols is 2. The van der Waals surface area contributed by atoms with Gasteiger partial charge in [-0.15, -0.1) is 0 Å². The van der Waals surface area contributed by atoms with Gasteiger partial charge in [-0.1, -0.05) is 42.5 Å². The van der Waals surface area contributed by atoms with Crippen LogP contribution in [0.25, 0.3) is 5.76 Å². The van der Waals surface area contributed by atoms with Gasteiger partial charge in [0.15, 0.2) is 0 Å². The minimum absolute atomic E-state index is 0.0172. The lowest BCUT2D eigenvalue weighted by atomic mass is 9.95. The van der Waals surface area contributed by atoms with Gasteiger partial charge >= 0.3 is 0 Å². The first-order chi connectivity index (χ1) is 14.0. The van der Waals surface area contributed by atoms with E-state index < -0.39 is 17.7 Å². The topological polar surface area (TPSA) is 98.1 Å². The lowest BCUT2D eigenvalue weighted by molar-refractivity contribution is -0.132. The van der Waals surface area contributed by atoms with Gasteiger partial charge < -0.3 is 15.3 Å². The zero-order chi connectivity index (χ0) is 20.5. The van der Waals surface area contributed by atoms with Gasteiger partial charge in [0.1, 0.15) is 17.3 Å². The highest BCUT2D eigenvalue weighted by molar-refractivity contribution is 6.51. The standard InChI is InChI=1S/C23H17NO5/c25-17-11-9-16(10-12-17)24-20(15-7-4-8-18(26)13-15)19(22(28)23(24)29)21(27)14-5-2-1-3-6-14/h1-13,20,25-27H/b21-19+. The molecular formula is C23H17NO5. The summed E-state index contributed by atoms with van der Waals surface area (Å²) in [4.78, 5) is 27.1. The third-order valence-electron chi connectivity index (χ3n) is 4.81. The van der Waals surface area contributed by atoms with Gasteiger partial charge in [0.05, 0.1) is 11.6 Å². The van der Waals surface area contributed by atoms with Crippen molar-refractivity contribution < 1.29 is 24.9 Å². The number of carbonyl (C=O) groups excluding carboxylic acids is 2. The minimum atomic E-state index is -0.938. The Morgan fingerprint density at radius 3 is 2.14 bits per heavy atom. The number of nitrogens with zero attached hydrogens (tertiary/aromatic N) is 1. The van der Waals surface area contributed by atoms with E-state index in [1.807, 2.05) is 0 Å². The van der Waals surface area contributed by atoms with Gasteiger partial charge in [-0.2, -0.15) is 0 Å². The zero-order valence-corrected chi connectivity index (χ0v) is 15.2. The zero-order valence-electron chi connectivity index (χ0n) is 15.2. The monoisotopic (exact) mass is 387 g/mol. The molecule has 3 aromatic carbocycles. The number of aliphatic hydroxyl groups excluding tert-OH is 1. The summed E-state index contributed by atoms with van der Waals surface area (Å²) in [5.41, 5.74) is 1.18. The van der Waals surface area contributed by atoms with Gasteiger partial charge in [0, 0.05) is 11.3 Å². The van der Waals surface area contributed by atoms with E-state index in [1.54, 1.807) is 42.5 Å². The van der Waals surface area contributed by atoms with Crippen molar-refractivity contribution in [1.82, 2.24) is 0 Å². The van der Waals surface area contributed by atoms with Gasteiger partial charge in [-0.25, -0.2) is 0 Å². The van der Waals surface area contributed by atoms with Crippen LogP contribution in [0.4, 0.5) is 5.69 Å². The van der Waals surface area contributed by atoms with Crippen molar-refractivity contribution >= 4 is 23.1 Å². The fraction of sp³-hybridized carbons (Fsp3) is 0.0435. The van der Waals surface area contributed by atoms with Crippen molar-refractivity contribution in [3.63, 3.8) is 0 Å². The molecule has 3 N–H and O–H groups in total. The molecule has 1 aliphatic rings. The smallest absolute Gasteiger partial charge is 0.300 e. The van der Waals surface area contributed by atoms with E-state index in [0.29, 0.717) is 16.8 Å². The predicted octanol–water partition coefficient (Wildman–Crippen LogP) is 3.72. The van der Waals surface area contributed by atoms with E-state index in [1.165, 1.54) is 41.3 Å². The van der Waals surface area contributed by atoms with E-state index in [9.17, 15) is 24.9 Å². The Kier molecular flexibility index (Phi) is 4.52. The maximum atomic E-state index is 12.9. The number of phenolic OH excluding ortho intramolecular Hbond substituents is 2. The Labute approximate surface area is 166 Å². The predicted molar refractivity (Wildman–Crippen MR) is 107 cm³/mol. The molecule has 0 radical (unpaired) electrons. The largest absolute Gasteiger partial charge is 0.508 e. The Balaban J connectivity index is 1.96. The second-order valence-corrected chi connectivity index (χ2v) is 6.65. The molecule has 144 valence electrons. The maximum absolute atomic E-state index is 12.9. The van der Waals surface area contributed by atoms with Crippen LogP contribution in [0.15, 0.2) is 84.4 Å². The molecule has 1 saturated heterocycles. The molecule has 1 amide bonds. The number of Topliss-reactive ketones (excluding diaryl/α,β-unsaturated/α-hetero) is 1. The Hall–Kier alpha value is -4.06. The summed E-state index contributed by atoms with van der Waals surface area (Å²) in [5.74, 6) is -1.94. The van der Waals surface area contributed by atoms with E-state index in [-0.39, 0.29) is 22.8 Å². The number of hydrogen-bond donors (Lipinski definition) is 3. The Bertz CT molecular complexity index is 1120. The molecule has 4 rings (SSSR count). The molecule has 0 aliphatic carbocycles. The van der Waals surface area contributed by atoms with E-state index in [2.05, 4.69) is 0 Å². The number of benzene rings is 3. The first-order valence-electron chi connectivity index (χ1n) is 8.92. The number of ketones is 1. The first kappa shape index (κ1) is 18.3. The summed E-state index contributed by atoms with van der Waals surface area (Å²) in [7, 11) is 0. The number of rotatable bonds is 3. The van der Waals surface area contributed by atoms with Gasteiger partial charge in [0.2, 0.25) is 0 Å². The third-order valence-corrected chi connectivity index (χ3v) is 4.81. The average Bonchev–Trinajstić information content (AvgIpc) is 3.00. The second-order valence-electron chi connectivity index (χ2n) is 6.65. The molecular weight excluding hydrogens is 370 g/mol. The fourth-order valence-electron chi connectivity index (χ4n) is 3.47. The molecule has 1 heterocycles. The maximum Gasteiger partial charge on any atom is 0.300 e. The average molecular weight is 387 g/mol. The van der Waals surface area contributed by atoms with Crippen LogP contribution in [0.3, 0.4) is 0 Å². The number of hydrogen-bond acceptors (Lipinski definition) is 5. The number of amides is 1. The van der Waals surface area contributed by atoms with Crippen molar-refractivity contribution in [3.05, 3.63) is 95.6 Å². The molecule has 0 aromatic heterocycles. The lowest BCUT2D eigenvalue weighted by Gasteiger charge is -2.25. The van der Waals surface area contributed by atoms with Gasteiger partial charge in [-0.3, -0.25) is 14.5 Å². The van der Waals surface area contributed by atoms with Crippen LogP contribution in [0.2, 0.25) is 0 Å². The van der Waals surface area contributed by atoms with Crippen LogP contribution in [0, 0.1) is 0 Å². The molecule has 6 heteroatoms. The molecule has 1 unspecified atom stereocenters. The molecule has 29 heavy (non-hydrogen) atoms. The van der Waals surface area contributed by atoms with E-state index in [4.69, 9.17) is 0 Å². The molecule has 3 aromatic rings. The van der Waals surface area contributed by atoms with Crippen molar-refractivity contribution in [3.8, 4) is 11.5 Å². The molecule has 1 atom stereocenters. The SMILES string of the molecule is O=C1C(=O)N(c2ccc(O)cc2)C(c2cccc(O)c2)/C1=C(\O)c1ccccc1. The number of aromatic hydroxyl groups is 2. The highest BCUT2D eigenvalue weighted by Gasteiger charge is 2.47. The number of aliphatic hydroxyl groups is 1. The van der Waals surface area contributed by atoms with Crippen LogP contribution < -0.4 is 4.90 Å². The molecule has 0 spiro atoms. The van der Waals surface area contributed by atoms with Crippen LogP contribution in [0.1, 0.15) is 17.2 Å². The third kappa shape index (κ3) is 3.21. The van der Waals surface area contributed by atoms with Crippen molar-refractivity contribution in [2.45, 2.75) is 6.04 Å². The van der Waals surface area contributed by atoms with Crippen molar-refractivity contribution in [2.75, 3.05) is 4.90 Å². The molecule has 1 fully saturated rings. The van der Waals surface area contributed by atoms with Crippen LogP contribution >= 0.6 is 0 Å². The van der Waals surface area contributed by atoms with Crippen LogP contribution in [-0.4, -0.2) is 27.0 Å². The summed E-state index contributed by atoms with van der Waals surface area (Å²) in [6, 6.07) is 19.6. The highest BCUT2D eigenvalue weighted by Crippen LogP contribution is 2.42. The second kappa shape index (κ2) is 7.16. The quantitative estimate of drug-likeness (QED) is 0.361. The van der Waals surface area contributed by atoms with Crippen LogP contribution in [0.5, 0.6) is 11.5 Å². The van der Waals surface area contributed by atoms with E-state index in [0.717, 1.165) is 0 Å². The van der Waals surface area contributed by atoms with Crippen molar-refractivity contribution in [1.29, 1.82) is 0 Å². The number of anilines is 1. The molecule has 1 aliphatic heterocycles. The first-order valence-corrected chi connectivity index (χ1v) is 8.92. The van der Waals surface area contributed by atoms with Gasteiger partial charge in [-0.05, 0) is 42.0 Å². The Morgan fingerprint density at radius 1 is 0.793 bits per heavy atom. The molecule has 0 bridgehead atoms. The summed E-state index contributed by atoms with van der Waals surface area (Å²) in [6.07, 6.45) is 0.